The molecule has 6 aromatic rings. The fourth-order valence-corrected chi connectivity index (χ4v) is 3.98. The second kappa shape index (κ2) is 14.9. The maximum absolute atomic E-state index is 2.24. The second-order valence-electron chi connectivity index (χ2n) is 8.44. The van der Waals surface area contributed by atoms with Gasteiger partial charge in [-0.3, -0.25) is 0 Å². The molecular weight excluding hydrogens is 558 g/mol. The maximum Gasteiger partial charge on any atom is -0.0279 e. The van der Waals surface area contributed by atoms with Crippen molar-refractivity contribution in [2.75, 3.05) is 0 Å². The van der Waals surface area contributed by atoms with E-state index in [1.54, 1.807) is 24.2 Å². The van der Waals surface area contributed by atoms with Crippen LogP contribution in [0.2, 0.25) is 0 Å². The monoisotopic (exact) mass is 584 g/mol. The Morgan fingerprint density at radius 2 is 1.17 bits per heavy atom. The molecule has 0 bridgehead atoms. The molecule has 3 heteroatoms. The van der Waals surface area contributed by atoms with E-state index in [2.05, 4.69) is 141 Å². The van der Waals surface area contributed by atoms with Crippen molar-refractivity contribution >= 4 is 24.8 Å². The van der Waals surface area contributed by atoms with Crippen LogP contribution in [-0.4, -0.2) is 3.21 Å². The number of halogens is 2. The van der Waals surface area contributed by atoms with E-state index in [9.17, 15) is 0 Å². The Morgan fingerprint density at radius 3 is 1.81 bits per heavy atom. The summed E-state index contributed by atoms with van der Waals surface area (Å²) in [5, 5.41) is 5.28. The van der Waals surface area contributed by atoms with Crippen LogP contribution in [0.15, 0.2) is 133 Å². The third kappa shape index (κ3) is 7.97. The van der Waals surface area contributed by atoms with Crippen LogP contribution in [-0.2, 0) is 24.2 Å². The number of hydrogen-bond acceptors (Lipinski definition) is 0. The number of fused-ring (bicyclic) bond motifs is 2. The Kier molecular flexibility index (Phi) is 12.2. The summed E-state index contributed by atoms with van der Waals surface area (Å²) in [4.78, 5) is 0. The summed E-state index contributed by atoms with van der Waals surface area (Å²) < 4.78 is 1.51. The maximum atomic E-state index is 2.24. The predicted molar refractivity (Wildman–Crippen MR) is 146 cm³/mol. The van der Waals surface area contributed by atoms with E-state index in [-0.39, 0.29) is 24.8 Å². The zero-order chi connectivity index (χ0) is 23.8. The summed E-state index contributed by atoms with van der Waals surface area (Å²) in [6.07, 6.45) is 0. The van der Waals surface area contributed by atoms with Crippen molar-refractivity contribution in [3.8, 4) is 22.3 Å². The van der Waals surface area contributed by atoms with Crippen molar-refractivity contribution in [1.82, 2.24) is 0 Å². The molecule has 0 nitrogen and oxygen atoms in total. The van der Waals surface area contributed by atoms with Gasteiger partial charge in [-0.2, -0.15) is 12.1 Å². The summed E-state index contributed by atoms with van der Waals surface area (Å²) in [6, 6.07) is 46.9. The molecule has 0 amide bonds. The normalized spacial score (nSPS) is 9.67. The van der Waals surface area contributed by atoms with Crippen LogP contribution in [0.5, 0.6) is 0 Å². The molecule has 0 radical (unpaired) electrons. The quantitative estimate of drug-likeness (QED) is 0.274. The zero-order valence-corrected chi connectivity index (χ0v) is 24.4. The smallest absolute Gasteiger partial charge is 0.0279 e. The Labute approximate surface area is 241 Å². The summed E-state index contributed by atoms with van der Waals surface area (Å²) in [5.41, 5.74) is 5.19. The average Bonchev–Trinajstić information content (AvgIpc) is 3.52. The standard InChI is InChI=1S/2C15H11.C3H6.2ClH.Zr/c1-2-6-12(7-3-1)14-10-4-8-13-9-5-11-15(13)14;1-2-6-12(7-3-1)15-10-13-8-4-5-9-14(13)11-15;1-3-2;;;/h2*1-11H;1-2H3;2*1H;/q2*-1;;;;+2/p-2. The van der Waals surface area contributed by atoms with Gasteiger partial charge >= 0.3 is 41.3 Å². The molecule has 0 aliphatic heterocycles. The topological polar surface area (TPSA) is 0 Å². The molecule has 0 heterocycles. The average molecular weight is 587 g/mol. The van der Waals surface area contributed by atoms with Gasteiger partial charge in [0.1, 0.15) is 0 Å². The van der Waals surface area contributed by atoms with Gasteiger partial charge in [0.15, 0.2) is 0 Å². The molecule has 0 N–H and O–H groups in total. The summed E-state index contributed by atoms with van der Waals surface area (Å²) in [5.74, 6) is 0. The van der Waals surface area contributed by atoms with Gasteiger partial charge in [0.05, 0.1) is 0 Å². The SMILES string of the molecule is C[C](C)=[Zr+2].[Cl-].[Cl-].c1ccc(-c2cc3ccccc3[cH-]2)cc1.c1ccc(-c2cccc3[cH-]ccc23)cc1. The molecule has 6 aromatic carbocycles. The van der Waals surface area contributed by atoms with Crippen LogP contribution in [0, 0.1) is 0 Å². The molecule has 0 spiro atoms. The molecule has 0 aliphatic rings. The predicted octanol–water partition coefficient (Wildman–Crippen LogP) is 3.20. The first-order chi connectivity index (χ1) is 16.6. The van der Waals surface area contributed by atoms with Gasteiger partial charge in [-0.15, -0.1) is 63.5 Å². The minimum absolute atomic E-state index is 0. The molecule has 180 valence electrons. The van der Waals surface area contributed by atoms with E-state index < -0.39 is 0 Å². The van der Waals surface area contributed by atoms with E-state index in [0.29, 0.717) is 0 Å². The van der Waals surface area contributed by atoms with E-state index in [4.69, 9.17) is 0 Å². The van der Waals surface area contributed by atoms with Crippen LogP contribution < -0.4 is 24.8 Å². The van der Waals surface area contributed by atoms with E-state index in [0.717, 1.165) is 0 Å². The largest absolute Gasteiger partial charge is 1.00 e. The van der Waals surface area contributed by atoms with Gasteiger partial charge in [0.2, 0.25) is 0 Å². The van der Waals surface area contributed by atoms with Crippen molar-refractivity contribution in [3.05, 3.63) is 133 Å². The minimum Gasteiger partial charge on any atom is -1.00 e. The van der Waals surface area contributed by atoms with Crippen LogP contribution in [0.3, 0.4) is 0 Å². The van der Waals surface area contributed by atoms with E-state index in [1.165, 1.54) is 47.0 Å². The Morgan fingerprint density at radius 1 is 0.611 bits per heavy atom. The zero-order valence-electron chi connectivity index (χ0n) is 20.5. The number of rotatable bonds is 2. The molecule has 0 unspecified atom stereocenters. The number of hydrogen-bond donors (Lipinski definition) is 0. The molecule has 6 rings (SSSR count). The van der Waals surface area contributed by atoms with Gasteiger partial charge < -0.3 is 24.8 Å². The molecule has 0 saturated heterocycles. The molecular formula is C33H28Cl2Zr-2. The molecule has 0 atom stereocenters. The first-order valence-corrected chi connectivity index (χ1v) is 12.8. The van der Waals surface area contributed by atoms with Gasteiger partial charge in [0.25, 0.3) is 0 Å². The third-order valence-electron chi connectivity index (χ3n) is 5.49. The molecule has 0 aromatic heterocycles. The van der Waals surface area contributed by atoms with Gasteiger partial charge in [0, 0.05) is 0 Å². The van der Waals surface area contributed by atoms with Crippen molar-refractivity contribution in [2.45, 2.75) is 13.8 Å². The first-order valence-electron chi connectivity index (χ1n) is 11.5. The summed E-state index contributed by atoms with van der Waals surface area (Å²) >= 11 is 1.55. The van der Waals surface area contributed by atoms with E-state index >= 15 is 0 Å². The van der Waals surface area contributed by atoms with E-state index in [1.807, 2.05) is 6.07 Å². The molecule has 36 heavy (non-hydrogen) atoms. The Balaban J connectivity index is 0.000000211. The summed E-state index contributed by atoms with van der Waals surface area (Å²) in [7, 11) is 0. The van der Waals surface area contributed by atoms with Crippen LogP contribution >= 0.6 is 0 Å². The fraction of sp³-hybridized carbons (Fsp3) is 0.0606. The van der Waals surface area contributed by atoms with Crippen LogP contribution in [0.4, 0.5) is 0 Å². The van der Waals surface area contributed by atoms with Gasteiger partial charge in [-0.25, -0.2) is 0 Å². The molecule has 0 aliphatic carbocycles. The Hall–Kier alpha value is -2.57. The van der Waals surface area contributed by atoms with Gasteiger partial charge in [-0.05, 0) is 5.56 Å². The Bertz CT molecular complexity index is 1440. The number of benzene rings is 4. The van der Waals surface area contributed by atoms with Gasteiger partial charge in [-0.1, -0.05) is 96.1 Å². The van der Waals surface area contributed by atoms with Crippen LogP contribution in [0.1, 0.15) is 13.8 Å². The second-order valence-corrected chi connectivity index (χ2v) is 10.9. The van der Waals surface area contributed by atoms with Crippen molar-refractivity contribution in [1.29, 1.82) is 0 Å². The molecule has 0 fully saturated rings. The molecule has 0 saturated carbocycles. The minimum atomic E-state index is 0. The van der Waals surface area contributed by atoms with Crippen molar-refractivity contribution in [2.24, 2.45) is 0 Å². The summed E-state index contributed by atoms with van der Waals surface area (Å²) in [6.45, 7) is 4.25. The third-order valence-corrected chi connectivity index (χ3v) is 5.49. The van der Waals surface area contributed by atoms with Crippen molar-refractivity contribution in [3.63, 3.8) is 0 Å². The van der Waals surface area contributed by atoms with Crippen molar-refractivity contribution < 1.29 is 49.0 Å². The first kappa shape index (κ1) is 29.7. The fourth-order valence-electron chi connectivity index (χ4n) is 3.98. The van der Waals surface area contributed by atoms with Crippen LogP contribution in [0.25, 0.3) is 43.8 Å².